The van der Waals surface area contributed by atoms with Gasteiger partial charge in [0.15, 0.2) is 0 Å². The zero-order valence-electron chi connectivity index (χ0n) is 21.5. The molecule has 9 heteroatoms. The predicted molar refractivity (Wildman–Crippen MR) is 141 cm³/mol. The van der Waals surface area contributed by atoms with Crippen LogP contribution >= 0.6 is 0 Å². The number of urea groups is 1. The normalized spacial score (nSPS) is 17.6. The Morgan fingerprint density at radius 1 is 1.08 bits per heavy atom. The molecule has 9 nitrogen and oxygen atoms in total. The maximum Gasteiger partial charge on any atom is 0.327 e. The molecule has 1 aliphatic heterocycles. The molecule has 0 aliphatic carbocycles. The van der Waals surface area contributed by atoms with Crippen molar-refractivity contribution in [3.05, 3.63) is 83.8 Å². The van der Waals surface area contributed by atoms with Gasteiger partial charge in [0.05, 0.1) is 12.0 Å². The first kappa shape index (κ1) is 25.8. The maximum absolute atomic E-state index is 13.7. The lowest BCUT2D eigenvalue weighted by atomic mass is 9.81. The number of β-lactam (4-membered cyclic amide) rings is 1. The largest absolute Gasteiger partial charge is 0.384 e. The van der Waals surface area contributed by atoms with Crippen LogP contribution in [0.15, 0.2) is 67.1 Å². The number of amides is 4. The number of nitrogen functional groups attached to an aromatic ring is 1. The summed E-state index contributed by atoms with van der Waals surface area (Å²) < 4.78 is 0. The second-order valence-corrected chi connectivity index (χ2v) is 9.39. The number of anilines is 2. The number of likely N-dealkylation sites (N-methyl/N-ethyl adjacent to an activating group) is 1. The van der Waals surface area contributed by atoms with Crippen molar-refractivity contribution in [3.8, 4) is 0 Å². The fourth-order valence-corrected chi connectivity index (χ4v) is 4.93. The number of aromatic nitrogens is 2. The number of imide groups is 1. The van der Waals surface area contributed by atoms with E-state index in [4.69, 9.17) is 5.73 Å². The highest BCUT2D eigenvalue weighted by Crippen LogP contribution is 2.35. The molecule has 192 valence electrons. The quantitative estimate of drug-likeness (QED) is 0.496. The number of pyridine rings is 2. The van der Waals surface area contributed by atoms with Crippen LogP contribution < -0.4 is 10.6 Å². The lowest BCUT2D eigenvalue weighted by Crippen LogP contribution is -2.70. The minimum Gasteiger partial charge on any atom is -0.384 e. The Morgan fingerprint density at radius 2 is 1.81 bits per heavy atom. The van der Waals surface area contributed by atoms with Crippen molar-refractivity contribution in [1.82, 2.24) is 19.8 Å². The van der Waals surface area contributed by atoms with Crippen LogP contribution in [0.25, 0.3) is 0 Å². The molecule has 1 saturated heterocycles. The average Bonchev–Trinajstić information content (AvgIpc) is 2.90. The van der Waals surface area contributed by atoms with E-state index in [2.05, 4.69) is 9.97 Å². The molecule has 4 amide bonds. The van der Waals surface area contributed by atoms with Gasteiger partial charge in [-0.3, -0.25) is 19.5 Å². The predicted octanol–water partition coefficient (Wildman–Crippen LogP) is 3.60. The van der Waals surface area contributed by atoms with Gasteiger partial charge in [-0.15, -0.1) is 0 Å². The van der Waals surface area contributed by atoms with E-state index >= 15 is 0 Å². The van der Waals surface area contributed by atoms with Gasteiger partial charge in [-0.2, -0.15) is 0 Å². The van der Waals surface area contributed by atoms with Gasteiger partial charge >= 0.3 is 6.03 Å². The zero-order chi connectivity index (χ0) is 26.7. The molecular formula is C28H32N6O3. The van der Waals surface area contributed by atoms with E-state index in [0.717, 1.165) is 21.6 Å². The summed E-state index contributed by atoms with van der Waals surface area (Å²) >= 11 is 0. The van der Waals surface area contributed by atoms with E-state index in [0.29, 0.717) is 17.9 Å². The Bertz CT molecular complexity index is 1300. The van der Waals surface area contributed by atoms with Crippen molar-refractivity contribution in [2.75, 3.05) is 24.7 Å². The molecule has 1 fully saturated rings. The summed E-state index contributed by atoms with van der Waals surface area (Å²) in [6.45, 7) is 3.99. The van der Waals surface area contributed by atoms with Gasteiger partial charge in [0.2, 0.25) is 5.91 Å². The monoisotopic (exact) mass is 500 g/mol. The van der Waals surface area contributed by atoms with E-state index in [9.17, 15) is 14.4 Å². The fourth-order valence-electron chi connectivity index (χ4n) is 4.93. The second-order valence-electron chi connectivity index (χ2n) is 9.39. The van der Waals surface area contributed by atoms with E-state index < -0.39 is 18.0 Å². The van der Waals surface area contributed by atoms with Gasteiger partial charge in [0.25, 0.3) is 5.91 Å². The molecule has 2 N–H and O–H groups in total. The molecule has 1 aliphatic rings. The van der Waals surface area contributed by atoms with Gasteiger partial charge in [-0.25, -0.2) is 9.78 Å². The van der Waals surface area contributed by atoms with Crippen LogP contribution in [0.3, 0.4) is 0 Å². The van der Waals surface area contributed by atoms with E-state index in [-0.39, 0.29) is 24.3 Å². The highest BCUT2D eigenvalue weighted by atomic mass is 16.2. The molecule has 37 heavy (non-hydrogen) atoms. The van der Waals surface area contributed by atoms with Crippen molar-refractivity contribution in [3.63, 3.8) is 0 Å². The topological polar surface area (TPSA) is 113 Å². The molecule has 0 bridgehead atoms. The molecule has 0 spiro atoms. The van der Waals surface area contributed by atoms with Crippen LogP contribution in [-0.4, -0.2) is 57.8 Å². The summed E-state index contributed by atoms with van der Waals surface area (Å²) in [5.41, 5.74) is 9.29. The minimum atomic E-state index is -0.954. The Labute approximate surface area is 216 Å². The van der Waals surface area contributed by atoms with Crippen LogP contribution in [0.2, 0.25) is 0 Å². The van der Waals surface area contributed by atoms with Crippen molar-refractivity contribution >= 4 is 29.4 Å². The Hall–Kier alpha value is -4.27. The lowest BCUT2D eigenvalue weighted by Gasteiger charge is -2.47. The van der Waals surface area contributed by atoms with Crippen molar-refractivity contribution < 1.29 is 14.4 Å². The van der Waals surface area contributed by atoms with E-state index in [1.54, 1.807) is 61.9 Å². The Balaban J connectivity index is 1.64. The molecular weight excluding hydrogens is 468 g/mol. The molecule has 0 saturated carbocycles. The number of nitrogens with zero attached hydrogens (tertiary/aromatic N) is 5. The number of nitrogens with two attached hydrogens (primary N) is 1. The standard InChI is InChI=1S/C28H32N6O3/c1-5-23(20-8-6-7-18(2)15-20)33(4)28(37)34-25(27(36)32(3)21-10-12-30-13-11-21)22(26(34)35)16-19-9-14-31-24(29)17-19/h6-15,17,22-23,25H,5,16H2,1-4H3,(H2,29,31)/t22-,23-,25+/m1/s1. The number of hydrogen-bond acceptors (Lipinski definition) is 6. The smallest absolute Gasteiger partial charge is 0.327 e. The molecule has 1 aromatic carbocycles. The van der Waals surface area contributed by atoms with Crippen molar-refractivity contribution in [2.45, 2.75) is 38.8 Å². The van der Waals surface area contributed by atoms with Gasteiger partial charge in [0, 0.05) is 38.4 Å². The first-order chi connectivity index (χ1) is 17.7. The Morgan fingerprint density at radius 3 is 2.46 bits per heavy atom. The summed E-state index contributed by atoms with van der Waals surface area (Å²) in [5, 5.41) is 0. The second kappa shape index (κ2) is 10.8. The fraction of sp³-hybridized carbons (Fsp3) is 0.321. The SMILES string of the molecule is CC[C@H](c1cccc(C)c1)N(C)C(=O)N1C(=O)[C@H](Cc2ccnc(N)c2)[C@H]1C(=O)N(C)c1ccncc1. The van der Waals surface area contributed by atoms with E-state index in [1.807, 2.05) is 38.1 Å². The molecule has 0 unspecified atom stereocenters. The van der Waals surface area contributed by atoms with Crippen molar-refractivity contribution in [1.29, 1.82) is 0 Å². The Kier molecular flexibility index (Phi) is 7.52. The number of carbonyl (C=O) groups excluding carboxylic acids is 3. The minimum absolute atomic E-state index is 0.243. The summed E-state index contributed by atoms with van der Waals surface area (Å²) in [7, 11) is 3.31. The number of carbonyl (C=O) groups is 3. The third-order valence-electron chi connectivity index (χ3n) is 6.94. The van der Waals surface area contributed by atoms with Crippen LogP contribution in [0.1, 0.15) is 36.1 Å². The van der Waals surface area contributed by atoms with Gasteiger partial charge in [-0.05, 0) is 55.2 Å². The first-order valence-electron chi connectivity index (χ1n) is 12.3. The number of benzene rings is 1. The summed E-state index contributed by atoms with van der Waals surface area (Å²) in [6.07, 6.45) is 5.68. The number of hydrogen-bond donors (Lipinski definition) is 1. The van der Waals surface area contributed by atoms with E-state index in [1.165, 1.54) is 4.90 Å². The molecule has 3 atom stereocenters. The summed E-state index contributed by atoms with van der Waals surface area (Å²) in [5.74, 6) is -1.09. The summed E-state index contributed by atoms with van der Waals surface area (Å²) in [6, 6.07) is 13.1. The average molecular weight is 501 g/mol. The zero-order valence-corrected chi connectivity index (χ0v) is 21.5. The molecule has 3 heterocycles. The molecule has 0 radical (unpaired) electrons. The highest BCUT2D eigenvalue weighted by molar-refractivity contribution is 6.12. The van der Waals surface area contributed by atoms with Gasteiger partial charge in [-0.1, -0.05) is 36.8 Å². The molecule has 4 rings (SSSR count). The van der Waals surface area contributed by atoms with Crippen LogP contribution in [0.4, 0.5) is 16.3 Å². The van der Waals surface area contributed by atoms with Crippen LogP contribution in [0, 0.1) is 12.8 Å². The van der Waals surface area contributed by atoms with Gasteiger partial charge < -0.3 is 15.5 Å². The first-order valence-corrected chi connectivity index (χ1v) is 12.3. The van der Waals surface area contributed by atoms with Crippen LogP contribution in [-0.2, 0) is 16.0 Å². The van der Waals surface area contributed by atoms with Crippen LogP contribution in [0.5, 0.6) is 0 Å². The van der Waals surface area contributed by atoms with Gasteiger partial charge in [0.1, 0.15) is 11.9 Å². The lowest BCUT2D eigenvalue weighted by molar-refractivity contribution is -0.157. The highest BCUT2D eigenvalue weighted by Gasteiger charge is 2.56. The maximum atomic E-state index is 13.7. The number of likely N-dealkylation sites (tertiary alicyclic amines) is 1. The van der Waals surface area contributed by atoms with Crippen molar-refractivity contribution in [2.24, 2.45) is 5.92 Å². The third-order valence-corrected chi connectivity index (χ3v) is 6.94. The molecule has 3 aromatic rings. The number of rotatable bonds is 7. The third kappa shape index (κ3) is 5.16. The summed E-state index contributed by atoms with van der Waals surface area (Å²) in [4.78, 5) is 53.0. The molecule has 2 aromatic heterocycles. The number of aryl methyl sites for hydroxylation is 1.